The minimum Gasteiger partial charge on any atom is -0.478 e. The topological polar surface area (TPSA) is 81.4 Å². The summed E-state index contributed by atoms with van der Waals surface area (Å²) in [5, 5.41) is 8.95. The fraction of sp³-hybridized carbons (Fsp3) is 0.308. The van der Waals surface area contributed by atoms with Gasteiger partial charge in [-0.2, -0.15) is 0 Å². The molecule has 1 aromatic carbocycles. The van der Waals surface area contributed by atoms with Crippen molar-refractivity contribution in [3.05, 3.63) is 29.6 Å². The molecular formula is C13H14N2O4. The molecular weight excluding hydrogens is 248 g/mol. The Morgan fingerprint density at radius 1 is 1.42 bits per heavy atom. The number of hydrogen-bond donors (Lipinski definition) is 1. The lowest BCUT2D eigenvalue weighted by molar-refractivity contribution is -0.143. The number of benzene rings is 1. The zero-order valence-corrected chi connectivity index (χ0v) is 10.9. The Morgan fingerprint density at radius 3 is 2.68 bits per heavy atom. The molecule has 0 aliphatic carbocycles. The lowest BCUT2D eigenvalue weighted by Gasteiger charge is -2.13. The van der Waals surface area contributed by atoms with Crippen molar-refractivity contribution in [1.82, 2.24) is 9.55 Å². The van der Waals surface area contributed by atoms with Gasteiger partial charge >= 0.3 is 11.9 Å². The van der Waals surface area contributed by atoms with E-state index in [2.05, 4.69) is 4.98 Å². The minimum absolute atomic E-state index is 0.169. The minimum atomic E-state index is -1.00. The molecule has 0 radical (unpaired) electrons. The summed E-state index contributed by atoms with van der Waals surface area (Å²) in [6, 6.07) is 4.13. The predicted octanol–water partition coefficient (Wildman–Crippen LogP) is 1.78. The number of imidazole rings is 1. The van der Waals surface area contributed by atoms with E-state index in [1.54, 1.807) is 24.5 Å². The van der Waals surface area contributed by atoms with Crippen LogP contribution in [0.5, 0.6) is 0 Å². The molecule has 0 spiro atoms. The summed E-state index contributed by atoms with van der Waals surface area (Å²) in [6.45, 7) is 3.48. The highest BCUT2D eigenvalue weighted by Gasteiger charge is 2.20. The van der Waals surface area contributed by atoms with Gasteiger partial charge in [-0.3, -0.25) is 0 Å². The first-order chi connectivity index (χ1) is 8.95. The summed E-state index contributed by atoms with van der Waals surface area (Å²) in [5.41, 5.74) is 1.43. The number of aromatic nitrogens is 2. The van der Waals surface area contributed by atoms with E-state index in [0.717, 1.165) is 0 Å². The molecule has 2 rings (SSSR count). The third-order valence-electron chi connectivity index (χ3n) is 3.04. The average Bonchev–Trinajstić information content (AvgIpc) is 2.71. The molecule has 0 aliphatic rings. The molecule has 1 atom stereocenters. The van der Waals surface area contributed by atoms with E-state index in [1.165, 1.54) is 19.2 Å². The van der Waals surface area contributed by atoms with Crippen molar-refractivity contribution >= 4 is 23.0 Å². The van der Waals surface area contributed by atoms with Crippen LogP contribution in [-0.4, -0.2) is 33.7 Å². The summed E-state index contributed by atoms with van der Waals surface area (Å²) in [7, 11) is 1.33. The van der Waals surface area contributed by atoms with E-state index in [1.807, 2.05) is 0 Å². The van der Waals surface area contributed by atoms with Gasteiger partial charge in [0.25, 0.3) is 0 Å². The fourth-order valence-corrected chi connectivity index (χ4v) is 2.12. The van der Waals surface area contributed by atoms with Crippen molar-refractivity contribution in [2.24, 2.45) is 0 Å². The molecule has 0 saturated carbocycles. The van der Waals surface area contributed by atoms with Crippen LogP contribution >= 0.6 is 0 Å². The highest BCUT2D eigenvalue weighted by Crippen LogP contribution is 2.22. The van der Waals surface area contributed by atoms with Crippen LogP contribution in [0.4, 0.5) is 0 Å². The SMILES string of the molecule is COC(=O)C(C)n1c(C)nc2cc(C(=O)O)ccc21. The molecule has 6 nitrogen and oxygen atoms in total. The molecule has 1 N–H and O–H groups in total. The predicted molar refractivity (Wildman–Crippen MR) is 68.2 cm³/mol. The van der Waals surface area contributed by atoms with E-state index in [0.29, 0.717) is 16.9 Å². The van der Waals surface area contributed by atoms with Gasteiger partial charge in [-0.25, -0.2) is 14.6 Å². The summed E-state index contributed by atoms with van der Waals surface area (Å²) in [6.07, 6.45) is 0. The van der Waals surface area contributed by atoms with E-state index in [9.17, 15) is 9.59 Å². The molecule has 0 amide bonds. The lowest BCUT2D eigenvalue weighted by atomic mass is 10.2. The maximum absolute atomic E-state index is 11.6. The molecule has 1 aromatic heterocycles. The Hall–Kier alpha value is -2.37. The Morgan fingerprint density at radius 2 is 2.11 bits per heavy atom. The second-order valence-electron chi connectivity index (χ2n) is 4.24. The highest BCUT2D eigenvalue weighted by molar-refractivity contribution is 5.92. The Balaban J connectivity index is 2.60. The maximum atomic E-state index is 11.6. The number of methoxy groups -OCH3 is 1. The van der Waals surface area contributed by atoms with Crippen LogP contribution in [0.2, 0.25) is 0 Å². The van der Waals surface area contributed by atoms with E-state index < -0.39 is 12.0 Å². The number of carbonyl (C=O) groups is 2. The van der Waals surface area contributed by atoms with Crippen LogP contribution in [0.3, 0.4) is 0 Å². The summed E-state index contributed by atoms with van der Waals surface area (Å²) < 4.78 is 6.45. The molecule has 1 unspecified atom stereocenters. The van der Waals surface area contributed by atoms with Crippen LogP contribution < -0.4 is 0 Å². The van der Waals surface area contributed by atoms with Crippen molar-refractivity contribution in [3.63, 3.8) is 0 Å². The molecule has 0 bridgehead atoms. The van der Waals surface area contributed by atoms with Crippen molar-refractivity contribution in [1.29, 1.82) is 0 Å². The number of nitrogens with zero attached hydrogens (tertiary/aromatic N) is 2. The standard InChI is InChI=1S/C13H14N2O4/c1-7(13(18)19-3)15-8(2)14-10-6-9(12(16)17)4-5-11(10)15/h4-7H,1-3H3,(H,16,17). The third kappa shape index (κ3) is 2.16. The first-order valence-corrected chi connectivity index (χ1v) is 5.75. The van der Waals surface area contributed by atoms with Crippen molar-refractivity contribution in [2.45, 2.75) is 19.9 Å². The van der Waals surface area contributed by atoms with Crippen LogP contribution in [-0.2, 0) is 9.53 Å². The zero-order valence-electron chi connectivity index (χ0n) is 10.9. The summed E-state index contributed by atoms with van der Waals surface area (Å²) >= 11 is 0. The quantitative estimate of drug-likeness (QED) is 0.852. The first kappa shape index (κ1) is 13.1. The number of ether oxygens (including phenoxy) is 1. The van der Waals surface area contributed by atoms with E-state index >= 15 is 0 Å². The molecule has 19 heavy (non-hydrogen) atoms. The van der Waals surface area contributed by atoms with Gasteiger partial charge in [0.1, 0.15) is 11.9 Å². The van der Waals surface area contributed by atoms with Gasteiger partial charge in [-0.05, 0) is 32.0 Å². The smallest absolute Gasteiger partial charge is 0.335 e. The highest BCUT2D eigenvalue weighted by atomic mass is 16.5. The second-order valence-corrected chi connectivity index (χ2v) is 4.24. The molecule has 0 fully saturated rings. The number of carbonyl (C=O) groups excluding carboxylic acids is 1. The van der Waals surface area contributed by atoms with Gasteiger partial charge in [0.05, 0.1) is 23.7 Å². The molecule has 2 aromatic rings. The number of esters is 1. The molecule has 0 saturated heterocycles. The second kappa shape index (κ2) is 4.72. The Kier molecular flexibility index (Phi) is 3.25. The van der Waals surface area contributed by atoms with Gasteiger partial charge < -0.3 is 14.4 Å². The molecule has 100 valence electrons. The van der Waals surface area contributed by atoms with E-state index in [4.69, 9.17) is 9.84 Å². The van der Waals surface area contributed by atoms with Crippen molar-refractivity contribution in [2.75, 3.05) is 7.11 Å². The van der Waals surface area contributed by atoms with Gasteiger partial charge in [0, 0.05) is 0 Å². The van der Waals surface area contributed by atoms with Crippen molar-refractivity contribution in [3.8, 4) is 0 Å². The average molecular weight is 262 g/mol. The van der Waals surface area contributed by atoms with Crippen LogP contribution in [0.1, 0.15) is 29.1 Å². The van der Waals surface area contributed by atoms with Gasteiger partial charge in [-0.1, -0.05) is 0 Å². The molecule has 0 aliphatic heterocycles. The van der Waals surface area contributed by atoms with Crippen LogP contribution in [0.15, 0.2) is 18.2 Å². The van der Waals surface area contributed by atoms with E-state index in [-0.39, 0.29) is 11.5 Å². The van der Waals surface area contributed by atoms with Crippen LogP contribution in [0.25, 0.3) is 11.0 Å². The molecule has 6 heteroatoms. The third-order valence-corrected chi connectivity index (χ3v) is 3.04. The number of carboxylic acid groups (broad SMARTS) is 1. The number of fused-ring (bicyclic) bond motifs is 1. The van der Waals surface area contributed by atoms with Gasteiger partial charge in [-0.15, -0.1) is 0 Å². The first-order valence-electron chi connectivity index (χ1n) is 5.75. The van der Waals surface area contributed by atoms with Crippen molar-refractivity contribution < 1.29 is 19.4 Å². The number of aryl methyl sites for hydroxylation is 1. The van der Waals surface area contributed by atoms with Crippen LogP contribution in [0, 0.1) is 6.92 Å². The Labute approximate surface area is 109 Å². The zero-order chi connectivity index (χ0) is 14.2. The maximum Gasteiger partial charge on any atom is 0.335 e. The van der Waals surface area contributed by atoms with Gasteiger partial charge in [0.15, 0.2) is 0 Å². The lowest BCUT2D eigenvalue weighted by Crippen LogP contribution is -2.18. The monoisotopic (exact) mass is 262 g/mol. The largest absolute Gasteiger partial charge is 0.478 e. The number of rotatable bonds is 3. The number of aromatic carboxylic acids is 1. The van der Waals surface area contributed by atoms with Gasteiger partial charge in [0.2, 0.25) is 0 Å². The Bertz CT molecular complexity index is 660. The summed E-state index contributed by atoms with van der Waals surface area (Å²) in [5.74, 6) is -0.740. The normalized spacial score (nSPS) is 12.4. The summed E-state index contributed by atoms with van der Waals surface area (Å²) in [4.78, 5) is 26.8. The fourth-order valence-electron chi connectivity index (χ4n) is 2.12. The molecule has 1 heterocycles. The number of hydrogen-bond acceptors (Lipinski definition) is 4. The number of carboxylic acids is 1.